The molecule has 0 aromatic heterocycles. The van der Waals surface area contributed by atoms with Crippen LogP contribution in [0, 0.1) is 6.92 Å². The number of fused-ring (bicyclic) bond motifs is 1. The molecule has 17 heavy (non-hydrogen) atoms. The minimum absolute atomic E-state index is 0.178. The normalized spacial score (nSPS) is 9.59. The van der Waals surface area contributed by atoms with Gasteiger partial charge in [0.25, 0.3) is 0 Å². The fraction of sp³-hybridized carbons (Fsp3) is 0.267. The quantitative estimate of drug-likeness (QED) is 0.857. The van der Waals surface area contributed by atoms with Crippen molar-refractivity contribution in [2.75, 3.05) is 13.6 Å². The number of aryl methyl sites for hydroxylation is 1. The zero-order valence-electron chi connectivity index (χ0n) is 10.7. The Morgan fingerprint density at radius 2 is 1.76 bits per heavy atom. The van der Waals surface area contributed by atoms with Crippen molar-refractivity contribution in [3.05, 3.63) is 48.0 Å². The van der Waals surface area contributed by atoms with E-state index in [2.05, 4.69) is 54.7 Å². The van der Waals surface area contributed by atoms with E-state index in [0.717, 1.165) is 0 Å². The molecule has 0 saturated heterocycles. The maximum Gasteiger partial charge on any atom is 0.143 e. The first-order valence-corrected chi connectivity index (χ1v) is 5.73. The Balaban J connectivity index is 0.000000209. The van der Waals surface area contributed by atoms with Crippen molar-refractivity contribution in [3.8, 4) is 0 Å². The number of hydrogen-bond acceptors (Lipinski definition) is 2. The average Bonchev–Trinajstić information content (AvgIpc) is 2.29. The van der Waals surface area contributed by atoms with Crippen molar-refractivity contribution in [2.45, 2.75) is 13.8 Å². The molecule has 0 spiro atoms. The monoisotopic (exact) mass is 229 g/mol. The van der Waals surface area contributed by atoms with E-state index in [4.69, 9.17) is 0 Å². The van der Waals surface area contributed by atoms with Gasteiger partial charge in [0, 0.05) is 0 Å². The van der Waals surface area contributed by atoms with Crippen LogP contribution in [0.2, 0.25) is 0 Å². The van der Waals surface area contributed by atoms with Crippen LogP contribution in [0.15, 0.2) is 42.5 Å². The number of likely N-dealkylation sites (N-methyl/N-ethyl adjacent to an activating group) is 1. The lowest BCUT2D eigenvalue weighted by molar-refractivity contribution is -0.116. The summed E-state index contributed by atoms with van der Waals surface area (Å²) in [4.78, 5) is 9.98. The lowest BCUT2D eigenvalue weighted by Gasteiger charge is -1.96. The largest absolute Gasteiger partial charge is 0.313 e. The topological polar surface area (TPSA) is 29.1 Å². The standard InChI is InChI=1S/C11H10.C4H9NO/c1-9-6-7-10-4-2-3-5-11(10)8-9;1-4(6)3-5-2/h2-8H,1H3;5H,3H2,1-2H3. The lowest BCUT2D eigenvalue weighted by Crippen LogP contribution is -2.14. The number of carbonyl (C=O) groups excluding carboxylic acids is 1. The maximum atomic E-state index is 9.98. The molecule has 0 unspecified atom stereocenters. The van der Waals surface area contributed by atoms with Gasteiger partial charge in [0.05, 0.1) is 6.54 Å². The summed E-state index contributed by atoms with van der Waals surface area (Å²) in [7, 11) is 1.75. The molecule has 0 amide bonds. The molecule has 90 valence electrons. The summed E-state index contributed by atoms with van der Waals surface area (Å²) in [5, 5.41) is 5.36. The highest BCUT2D eigenvalue weighted by atomic mass is 16.1. The highest BCUT2D eigenvalue weighted by Crippen LogP contribution is 2.14. The molecule has 0 atom stereocenters. The fourth-order valence-corrected chi connectivity index (χ4v) is 1.56. The van der Waals surface area contributed by atoms with Gasteiger partial charge in [-0.25, -0.2) is 0 Å². The first kappa shape index (κ1) is 13.4. The van der Waals surface area contributed by atoms with Crippen molar-refractivity contribution in [1.29, 1.82) is 0 Å². The van der Waals surface area contributed by atoms with E-state index >= 15 is 0 Å². The number of carbonyl (C=O) groups is 1. The molecule has 2 heteroatoms. The van der Waals surface area contributed by atoms with Crippen LogP contribution in [0.4, 0.5) is 0 Å². The van der Waals surface area contributed by atoms with Crippen molar-refractivity contribution in [2.24, 2.45) is 0 Å². The minimum atomic E-state index is 0.178. The number of Topliss-reactive ketones (excluding diaryl/α,β-unsaturated/α-hetero) is 1. The molecule has 0 saturated carbocycles. The predicted molar refractivity (Wildman–Crippen MR) is 73.3 cm³/mol. The van der Waals surface area contributed by atoms with Crippen LogP contribution in [0.3, 0.4) is 0 Å². The Hall–Kier alpha value is -1.67. The van der Waals surface area contributed by atoms with E-state index in [-0.39, 0.29) is 5.78 Å². The van der Waals surface area contributed by atoms with Crippen LogP contribution in [-0.2, 0) is 4.79 Å². The van der Waals surface area contributed by atoms with Crippen molar-refractivity contribution in [1.82, 2.24) is 5.32 Å². The molecule has 0 aliphatic carbocycles. The summed E-state index contributed by atoms with van der Waals surface area (Å²) < 4.78 is 0. The molecule has 0 aliphatic rings. The highest BCUT2D eigenvalue weighted by molar-refractivity contribution is 5.82. The summed E-state index contributed by atoms with van der Waals surface area (Å²) in [6.07, 6.45) is 0. The molecule has 2 nitrogen and oxygen atoms in total. The van der Waals surface area contributed by atoms with Gasteiger partial charge in [0.15, 0.2) is 0 Å². The molecule has 0 fully saturated rings. The third kappa shape index (κ3) is 4.79. The zero-order chi connectivity index (χ0) is 12.7. The molecule has 0 radical (unpaired) electrons. The second-order valence-electron chi connectivity index (χ2n) is 4.08. The Morgan fingerprint density at radius 1 is 1.12 bits per heavy atom. The molecular weight excluding hydrogens is 210 g/mol. The third-order valence-electron chi connectivity index (χ3n) is 2.33. The molecule has 0 aliphatic heterocycles. The van der Waals surface area contributed by atoms with Gasteiger partial charge in [0.1, 0.15) is 5.78 Å². The number of rotatable bonds is 2. The first-order valence-electron chi connectivity index (χ1n) is 5.73. The molecular formula is C15H19NO. The van der Waals surface area contributed by atoms with E-state index in [1.54, 1.807) is 14.0 Å². The van der Waals surface area contributed by atoms with E-state index in [1.807, 2.05) is 0 Å². The van der Waals surface area contributed by atoms with Gasteiger partial charge < -0.3 is 5.32 Å². The van der Waals surface area contributed by atoms with E-state index in [0.29, 0.717) is 6.54 Å². The minimum Gasteiger partial charge on any atom is -0.313 e. The summed E-state index contributed by atoms with van der Waals surface area (Å²) in [6.45, 7) is 4.16. The summed E-state index contributed by atoms with van der Waals surface area (Å²) >= 11 is 0. The second kappa shape index (κ2) is 6.81. The molecule has 2 rings (SSSR count). The summed E-state index contributed by atoms with van der Waals surface area (Å²) in [5.41, 5.74) is 1.32. The Labute approximate surface area is 103 Å². The van der Waals surface area contributed by atoms with Crippen LogP contribution in [0.25, 0.3) is 10.8 Å². The maximum absolute atomic E-state index is 9.98. The van der Waals surface area contributed by atoms with Crippen LogP contribution in [-0.4, -0.2) is 19.4 Å². The summed E-state index contributed by atoms with van der Waals surface area (Å²) in [5.74, 6) is 0.178. The molecule has 2 aromatic carbocycles. The van der Waals surface area contributed by atoms with Crippen LogP contribution >= 0.6 is 0 Å². The smallest absolute Gasteiger partial charge is 0.143 e. The fourth-order valence-electron chi connectivity index (χ4n) is 1.56. The number of benzene rings is 2. The van der Waals surface area contributed by atoms with Gasteiger partial charge in [-0.3, -0.25) is 4.79 Å². The second-order valence-corrected chi connectivity index (χ2v) is 4.08. The third-order valence-corrected chi connectivity index (χ3v) is 2.33. The highest BCUT2D eigenvalue weighted by Gasteiger charge is 1.89. The summed E-state index contributed by atoms with van der Waals surface area (Å²) in [6, 6.07) is 14.9. The lowest BCUT2D eigenvalue weighted by atomic mass is 10.1. The van der Waals surface area contributed by atoms with Gasteiger partial charge in [-0.1, -0.05) is 48.0 Å². The van der Waals surface area contributed by atoms with Crippen molar-refractivity contribution < 1.29 is 4.79 Å². The van der Waals surface area contributed by atoms with Gasteiger partial charge >= 0.3 is 0 Å². The Morgan fingerprint density at radius 3 is 2.29 bits per heavy atom. The van der Waals surface area contributed by atoms with Gasteiger partial charge in [0.2, 0.25) is 0 Å². The van der Waals surface area contributed by atoms with E-state index < -0.39 is 0 Å². The van der Waals surface area contributed by atoms with Gasteiger partial charge in [-0.05, 0) is 31.7 Å². The Kier molecular flexibility index (Phi) is 5.37. The van der Waals surface area contributed by atoms with E-state index in [1.165, 1.54) is 16.3 Å². The Bertz CT molecular complexity index is 491. The van der Waals surface area contributed by atoms with Gasteiger partial charge in [-0.2, -0.15) is 0 Å². The molecule has 0 bridgehead atoms. The van der Waals surface area contributed by atoms with E-state index in [9.17, 15) is 4.79 Å². The van der Waals surface area contributed by atoms with Crippen LogP contribution in [0.5, 0.6) is 0 Å². The van der Waals surface area contributed by atoms with Gasteiger partial charge in [-0.15, -0.1) is 0 Å². The number of hydrogen-bond donors (Lipinski definition) is 1. The number of ketones is 1. The average molecular weight is 229 g/mol. The van der Waals surface area contributed by atoms with Crippen LogP contribution < -0.4 is 5.32 Å². The SMILES string of the molecule is CNCC(C)=O.Cc1ccc2ccccc2c1. The van der Waals surface area contributed by atoms with Crippen molar-refractivity contribution in [3.63, 3.8) is 0 Å². The predicted octanol–water partition coefficient (Wildman–Crippen LogP) is 2.94. The molecule has 1 N–H and O–H groups in total. The van der Waals surface area contributed by atoms with Crippen LogP contribution in [0.1, 0.15) is 12.5 Å². The zero-order valence-corrected chi connectivity index (χ0v) is 10.7. The van der Waals surface area contributed by atoms with Crippen molar-refractivity contribution >= 4 is 16.6 Å². The number of nitrogens with one attached hydrogen (secondary N) is 1. The molecule has 2 aromatic rings. The first-order chi connectivity index (χ1) is 8.13. The molecule has 0 heterocycles.